The van der Waals surface area contributed by atoms with E-state index in [1.165, 1.54) is 23.4 Å². The highest BCUT2D eigenvalue weighted by Crippen LogP contribution is 2.45. The molecule has 0 radical (unpaired) electrons. The standard InChI is InChI=1S/C21H29FO2P/c1-14(2)19-12-17(6-7-21(19)22)13-20-15(3)10-18(11-16(20)4)8-9-25(5,23)24/h6-7,10-12,14,23-24H,8-9,13H2,1-5H3/q+1. The van der Waals surface area contributed by atoms with Crippen LogP contribution in [0.1, 0.15) is 53.1 Å². The maximum absolute atomic E-state index is 13.9. The third kappa shape index (κ3) is 5.60. The van der Waals surface area contributed by atoms with Gasteiger partial charge >= 0.3 is 0 Å². The maximum atomic E-state index is 13.9. The smallest absolute Gasteiger partial charge is 0.221 e. The van der Waals surface area contributed by atoms with Gasteiger partial charge in [-0.2, -0.15) is 0 Å². The largest absolute Gasteiger partial charge is 0.265 e. The topological polar surface area (TPSA) is 40.5 Å². The first-order valence-corrected chi connectivity index (χ1v) is 11.1. The van der Waals surface area contributed by atoms with Crippen molar-refractivity contribution in [2.45, 2.75) is 46.5 Å². The van der Waals surface area contributed by atoms with E-state index >= 15 is 0 Å². The molecule has 25 heavy (non-hydrogen) atoms. The molecule has 0 aliphatic rings. The molecule has 2 aromatic rings. The molecule has 2 nitrogen and oxygen atoms in total. The van der Waals surface area contributed by atoms with Gasteiger partial charge in [0.1, 0.15) is 18.6 Å². The van der Waals surface area contributed by atoms with E-state index in [9.17, 15) is 14.2 Å². The molecule has 0 spiro atoms. The molecular weight excluding hydrogens is 334 g/mol. The van der Waals surface area contributed by atoms with Gasteiger partial charge in [-0.25, -0.2) is 14.2 Å². The summed E-state index contributed by atoms with van der Waals surface area (Å²) in [7, 11) is -2.73. The molecule has 0 aliphatic heterocycles. The van der Waals surface area contributed by atoms with Gasteiger partial charge in [0.25, 0.3) is 7.72 Å². The van der Waals surface area contributed by atoms with Gasteiger partial charge in [-0.3, -0.25) is 0 Å². The molecule has 0 amide bonds. The molecular formula is C21H29FO2P+. The first-order chi connectivity index (χ1) is 11.6. The summed E-state index contributed by atoms with van der Waals surface area (Å²) in [6.07, 6.45) is 1.87. The Bertz CT molecular complexity index is 725. The van der Waals surface area contributed by atoms with E-state index in [-0.39, 0.29) is 11.7 Å². The molecule has 0 saturated carbocycles. The van der Waals surface area contributed by atoms with Crippen LogP contribution in [0.15, 0.2) is 30.3 Å². The average Bonchev–Trinajstić information content (AvgIpc) is 2.49. The Labute approximate surface area is 151 Å². The van der Waals surface area contributed by atoms with E-state index in [0.717, 1.165) is 23.1 Å². The second-order valence-electron chi connectivity index (χ2n) is 7.46. The second kappa shape index (κ2) is 7.95. The zero-order chi connectivity index (χ0) is 18.8. The van der Waals surface area contributed by atoms with Gasteiger partial charge in [0.15, 0.2) is 0 Å². The highest BCUT2D eigenvalue weighted by atomic mass is 31.2. The maximum Gasteiger partial charge on any atom is 0.265 e. The highest BCUT2D eigenvalue weighted by Gasteiger charge is 2.24. The first-order valence-electron chi connectivity index (χ1n) is 8.75. The van der Waals surface area contributed by atoms with Gasteiger partial charge in [0, 0.05) is 6.42 Å². The van der Waals surface area contributed by atoms with Crippen LogP contribution in [-0.4, -0.2) is 22.6 Å². The third-order valence-corrected chi connectivity index (χ3v) is 5.71. The lowest BCUT2D eigenvalue weighted by Gasteiger charge is -2.15. The van der Waals surface area contributed by atoms with Crippen molar-refractivity contribution in [2.75, 3.05) is 12.8 Å². The molecule has 0 bridgehead atoms. The van der Waals surface area contributed by atoms with E-state index in [2.05, 4.69) is 26.0 Å². The van der Waals surface area contributed by atoms with Gasteiger partial charge in [0.05, 0.1) is 0 Å². The monoisotopic (exact) mass is 363 g/mol. The Balaban J connectivity index is 2.24. The summed E-state index contributed by atoms with van der Waals surface area (Å²) in [6.45, 7) is 9.70. The number of rotatable bonds is 6. The SMILES string of the molecule is Cc1cc(CC[P+](C)(O)O)cc(C)c1Cc1ccc(F)c(C(C)C)c1. The molecule has 0 aliphatic carbocycles. The van der Waals surface area contributed by atoms with Gasteiger partial charge in [-0.15, -0.1) is 0 Å². The normalized spacial score (nSPS) is 12.0. The summed E-state index contributed by atoms with van der Waals surface area (Å²) in [6, 6.07) is 9.66. The van der Waals surface area contributed by atoms with Gasteiger partial charge in [0.2, 0.25) is 0 Å². The first kappa shape index (κ1) is 20.0. The molecule has 4 heteroatoms. The lowest BCUT2D eigenvalue weighted by molar-refractivity contribution is 0.457. The molecule has 0 aromatic heterocycles. The van der Waals surface area contributed by atoms with Crippen molar-refractivity contribution >= 4 is 7.72 Å². The fourth-order valence-corrected chi connectivity index (χ4v) is 3.88. The van der Waals surface area contributed by atoms with Crippen LogP contribution in [0, 0.1) is 19.7 Å². The summed E-state index contributed by atoms with van der Waals surface area (Å²) in [4.78, 5) is 19.2. The average molecular weight is 363 g/mol. The predicted octanol–water partition coefficient (Wildman–Crippen LogP) is 5.16. The summed E-state index contributed by atoms with van der Waals surface area (Å²) in [5.41, 5.74) is 6.67. The fraction of sp³-hybridized carbons (Fsp3) is 0.429. The van der Waals surface area contributed by atoms with E-state index in [0.29, 0.717) is 12.6 Å². The zero-order valence-corrected chi connectivity index (χ0v) is 16.7. The van der Waals surface area contributed by atoms with Crippen molar-refractivity contribution in [3.63, 3.8) is 0 Å². The molecule has 0 saturated heterocycles. The Morgan fingerprint density at radius 2 is 1.60 bits per heavy atom. The Morgan fingerprint density at radius 1 is 1.00 bits per heavy atom. The molecule has 0 fully saturated rings. The van der Waals surface area contributed by atoms with Gasteiger partial charge < -0.3 is 0 Å². The van der Waals surface area contributed by atoms with Crippen molar-refractivity contribution in [1.29, 1.82) is 0 Å². The van der Waals surface area contributed by atoms with Crippen molar-refractivity contribution < 1.29 is 14.2 Å². The Morgan fingerprint density at radius 3 is 2.12 bits per heavy atom. The van der Waals surface area contributed by atoms with Gasteiger partial charge in [-0.05, 0) is 65.6 Å². The van der Waals surface area contributed by atoms with Crippen LogP contribution < -0.4 is 0 Å². The Hall–Kier alpha value is -1.28. The van der Waals surface area contributed by atoms with E-state index in [1.54, 1.807) is 6.07 Å². The van der Waals surface area contributed by atoms with Crippen molar-refractivity contribution in [1.82, 2.24) is 0 Å². The summed E-state index contributed by atoms with van der Waals surface area (Å²) in [5, 5.41) is 0. The summed E-state index contributed by atoms with van der Waals surface area (Å²) < 4.78 is 13.9. The van der Waals surface area contributed by atoms with E-state index in [1.807, 2.05) is 26.0 Å². The number of hydrogen-bond acceptors (Lipinski definition) is 2. The number of aryl methyl sites for hydroxylation is 3. The molecule has 2 rings (SSSR count). The summed E-state index contributed by atoms with van der Waals surface area (Å²) >= 11 is 0. The van der Waals surface area contributed by atoms with Crippen molar-refractivity contribution in [2.24, 2.45) is 0 Å². The molecule has 136 valence electrons. The van der Waals surface area contributed by atoms with Crippen LogP contribution in [0.2, 0.25) is 0 Å². The van der Waals surface area contributed by atoms with Crippen molar-refractivity contribution in [3.05, 3.63) is 69.5 Å². The minimum Gasteiger partial charge on any atom is -0.221 e. The van der Waals surface area contributed by atoms with Crippen LogP contribution in [0.4, 0.5) is 4.39 Å². The lowest BCUT2D eigenvalue weighted by Crippen LogP contribution is -2.03. The molecule has 0 unspecified atom stereocenters. The molecule has 0 atom stereocenters. The third-order valence-electron chi connectivity index (χ3n) is 4.64. The van der Waals surface area contributed by atoms with Crippen LogP contribution in [0.25, 0.3) is 0 Å². The van der Waals surface area contributed by atoms with Crippen LogP contribution in [0.5, 0.6) is 0 Å². The number of hydrogen-bond donors (Lipinski definition) is 2. The van der Waals surface area contributed by atoms with Gasteiger partial charge in [-0.1, -0.05) is 38.1 Å². The van der Waals surface area contributed by atoms with Crippen LogP contribution in [0.3, 0.4) is 0 Å². The van der Waals surface area contributed by atoms with Crippen LogP contribution >= 0.6 is 7.72 Å². The molecule has 0 heterocycles. The second-order valence-corrected chi connectivity index (χ2v) is 10.1. The lowest BCUT2D eigenvalue weighted by atomic mass is 9.91. The zero-order valence-electron chi connectivity index (χ0n) is 15.8. The highest BCUT2D eigenvalue weighted by molar-refractivity contribution is 7.63. The fourth-order valence-electron chi connectivity index (χ4n) is 3.20. The van der Waals surface area contributed by atoms with Crippen LogP contribution in [-0.2, 0) is 12.8 Å². The summed E-state index contributed by atoms with van der Waals surface area (Å²) in [5.74, 6) is 0.0288. The molecule has 2 aromatic carbocycles. The number of benzene rings is 2. The van der Waals surface area contributed by atoms with Crippen molar-refractivity contribution in [3.8, 4) is 0 Å². The van der Waals surface area contributed by atoms with E-state index in [4.69, 9.17) is 0 Å². The number of halogens is 1. The van der Waals surface area contributed by atoms with E-state index < -0.39 is 7.72 Å². The quantitative estimate of drug-likeness (QED) is 0.696. The minimum atomic E-state index is -2.73. The predicted molar refractivity (Wildman–Crippen MR) is 105 cm³/mol. The molecule has 2 N–H and O–H groups in total. The Kier molecular flexibility index (Phi) is 6.37. The minimum absolute atomic E-state index is 0.137.